The van der Waals surface area contributed by atoms with Crippen molar-refractivity contribution >= 4 is 35.1 Å². The van der Waals surface area contributed by atoms with Crippen molar-refractivity contribution in [3.05, 3.63) is 69.2 Å². The van der Waals surface area contributed by atoms with Crippen LogP contribution in [0.4, 0.5) is 13.2 Å². The van der Waals surface area contributed by atoms with E-state index < -0.39 is 30.2 Å². The summed E-state index contributed by atoms with van der Waals surface area (Å²) in [7, 11) is 0. The molecule has 2 rings (SSSR count). The van der Waals surface area contributed by atoms with Crippen LogP contribution in [0.1, 0.15) is 21.5 Å². The second kappa shape index (κ2) is 8.42. The zero-order chi connectivity index (χ0) is 19.3. The molecule has 2 aromatic rings. The molecule has 0 aliphatic heterocycles. The van der Waals surface area contributed by atoms with E-state index in [0.29, 0.717) is 5.02 Å². The lowest BCUT2D eigenvalue weighted by molar-refractivity contribution is -0.138. The second-order valence-corrected chi connectivity index (χ2v) is 5.98. The van der Waals surface area contributed by atoms with Gasteiger partial charge in [-0.3, -0.25) is 4.79 Å². The van der Waals surface area contributed by atoms with Gasteiger partial charge in [-0.15, -0.1) is 0 Å². The molecule has 0 bridgehead atoms. The number of hydrogen-bond donors (Lipinski definition) is 1. The smallest absolute Gasteiger partial charge is 0.416 e. The summed E-state index contributed by atoms with van der Waals surface area (Å²) in [5.74, 6) is -1.60. The van der Waals surface area contributed by atoms with Crippen LogP contribution >= 0.6 is 23.2 Å². The fourth-order valence-electron chi connectivity index (χ4n) is 2.06. The van der Waals surface area contributed by atoms with Gasteiger partial charge < -0.3 is 10.1 Å². The summed E-state index contributed by atoms with van der Waals surface area (Å²) in [6.07, 6.45) is -4.53. The summed E-state index contributed by atoms with van der Waals surface area (Å²) >= 11 is 11.6. The van der Waals surface area contributed by atoms with Crippen LogP contribution in [0.15, 0.2) is 42.5 Å². The van der Waals surface area contributed by atoms with Crippen molar-refractivity contribution in [3.8, 4) is 0 Å². The molecule has 9 heteroatoms. The topological polar surface area (TPSA) is 55.4 Å². The first-order valence-electron chi connectivity index (χ1n) is 7.22. The molecule has 0 heterocycles. The summed E-state index contributed by atoms with van der Waals surface area (Å²) in [5, 5.41) is 2.66. The maximum atomic E-state index is 12.9. The highest BCUT2D eigenvalue weighted by molar-refractivity contribution is 6.36. The first-order chi connectivity index (χ1) is 12.2. The summed E-state index contributed by atoms with van der Waals surface area (Å²) in [4.78, 5) is 23.6. The van der Waals surface area contributed by atoms with Crippen LogP contribution in [0.3, 0.4) is 0 Å². The molecule has 1 amide bonds. The van der Waals surface area contributed by atoms with E-state index in [9.17, 15) is 22.8 Å². The largest absolute Gasteiger partial charge is 0.452 e. The van der Waals surface area contributed by atoms with E-state index in [1.165, 1.54) is 36.4 Å². The molecule has 2 aromatic carbocycles. The second-order valence-electron chi connectivity index (χ2n) is 5.13. The third-order valence-electron chi connectivity index (χ3n) is 3.28. The Hall–Kier alpha value is -2.25. The van der Waals surface area contributed by atoms with E-state index in [0.717, 1.165) is 6.07 Å². The van der Waals surface area contributed by atoms with Gasteiger partial charge in [0.1, 0.15) is 0 Å². The Morgan fingerprint density at radius 1 is 1.08 bits per heavy atom. The zero-order valence-corrected chi connectivity index (χ0v) is 14.6. The number of esters is 1. The highest BCUT2D eigenvalue weighted by atomic mass is 35.5. The molecule has 138 valence electrons. The zero-order valence-electron chi connectivity index (χ0n) is 13.1. The Labute approximate surface area is 156 Å². The maximum Gasteiger partial charge on any atom is 0.416 e. The molecule has 1 N–H and O–H groups in total. The van der Waals surface area contributed by atoms with Crippen LogP contribution in [-0.4, -0.2) is 18.5 Å². The number of amides is 1. The standard InChI is InChI=1S/C17H12Cl2F3NO3/c18-11-5-6-12(14(19)7-11)16(25)26-9-15(24)23-8-10-3-1-2-4-13(10)17(20,21)22/h1-7H,8-9H2,(H,23,24). The average Bonchev–Trinajstić information content (AvgIpc) is 2.57. The van der Waals surface area contributed by atoms with E-state index >= 15 is 0 Å². The molecule has 0 radical (unpaired) electrons. The number of alkyl halides is 3. The molecule has 0 unspecified atom stereocenters. The first kappa shape index (κ1) is 20.1. The van der Waals surface area contributed by atoms with Gasteiger partial charge in [-0.05, 0) is 29.8 Å². The fraction of sp³-hybridized carbons (Fsp3) is 0.176. The minimum absolute atomic E-state index is 0.0197. The van der Waals surface area contributed by atoms with Gasteiger partial charge in [-0.25, -0.2) is 4.79 Å². The maximum absolute atomic E-state index is 12.9. The van der Waals surface area contributed by atoms with Gasteiger partial charge in [-0.1, -0.05) is 41.4 Å². The Morgan fingerprint density at radius 2 is 1.77 bits per heavy atom. The van der Waals surface area contributed by atoms with Crippen molar-refractivity contribution in [3.63, 3.8) is 0 Å². The van der Waals surface area contributed by atoms with Crippen LogP contribution in [-0.2, 0) is 22.3 Å². The van der Waals surface area contributed by atoms with E-state index in [2.05, 4.69) is 5.32 Å². The molecule has 0 fully saturated rings. The number of nitrogens with one attached hydrogen (secondary N) is 1. The third kappa shape index (κ3) is 5.37. The number of ether oxygens (including phenoxy) is 1. The van der Waals surface area contributed by atoms with Gasteiger partial charge in [0, 0.05) is 11.6 Å². The van der Waals surface area contributed by atoms with E-state index in [1.807, 2.05) is 0 Å². The molecule has 0 saturated carbocycles. The van der Waals surface area contributed by atoms with Crippen LogP contribution in [0.25, 0.3) is 0 Å². The lowest BCUT2D eigenvalue weighted by atomic mass is 10.1. The molecular formula is C17H12Cl2F3NO3. The van der Waals surface area contributed by atoms with Gasteiger partial charge in [0.2, 0.25) is 0 Å². The number of rotatable bonds is 5. The number of benzene rings is 2. The van der Waals surface area contributed by atoms with E-state index in [4.69, 9.17) is 27.9 Å². The van der Waals surface area contributed by atoms with Crippen molar-refractivity contribution in [2.45, 2.75) is 12.7 Å². The molecule has 0 saturated heterocycles. The lowest BCUT2D eigenvalue weighted by Gasteiger charge is -2.13. The van der Waals surface area contributed by atoms with Gasteiger partial charge in [0.15, 0.2) is 6.61 Å². The number of carbonyl (C=O) groups is 2. The predicted octanol–water partition coefficient (Wildman–Crippen LogP) is 4.49. The van der Waals surface area contributed by atoms with Crippen LogP contribution in [0.5, 0.6) is 0 Å². The van der Waals surface area contributed by atoms with Gasteiger partial charge in [-0.2, -0.15) is 13.2 Å². The van der Waals surface area contributed by atoms with Gasteiger partial charge >= 0.3 is 12.1 Å². The summed E-state index contributed by atoms with van der Waals surface area (Å²) < 4.78 is 43.4. The van der Waals surface area contributed by atoms with Crippen molar-refractivity contribution < 1.29 is 27.5 Å². The molecule has 0 aliphatic carbocycles. The normalized spacial score (nSPS) is 11.1. The van der Waals surface area contributed by atoms with Crippen molar-refractivity contribution in [1.82, 2.24) is 5.32 Å². The highest BCUT2D eigenvalue weighted by Crippen LogP contribution is 2.31. The Balaban J connectivity index is 1.91. The monoisotopic (exact) mass is 405 g/mol. The van der Waals surface area contributed by atoms with Crippen LogP contribution < -0.4 is 5.32 Å². The first-order valence-corrected chi connectivity index (χ1v) is 7.98. The number of hydrogen-bond acceptors (Lipinski definition) is 3. The molecule has 0 atom stereocenters. The number of carbonyl (C=O) groups excluding carboxylic acids is 2. The summed E-state index contributed by atoms with van der Waals surface area (Å²) in [6, 6.07) is 8.97. The Morgan fingerprint density at radius 3 is 2.42 bits per heavy atom. The minimum Gasteiger partial charge on any atom is -0.452 e. The Kier molecular flexibility index (Phi) is 6.50. The SMILES string of the molecule is O=C(COC(=O)c1ccc(Cl)cc1Cl)NCc1ccccc1C(F)(F)F. The molecular weight excluding hydrogens is 394 g/mol. The van der Waals surface area contributed by atoms with Gasteiger partial charge in [0.25, 0.3) is 5.91 Å². The average molecular weight is 406 g/mol. The minimum atomic E-state index is -4.53. The molecule has 0 aliphatic rings. The van der Waals surface area contributed by atoms with Crippen molar-refractivity contribution in [2.24, 2.45) is 0 Å². The van der Waals surface area contributed by atoms with Crippen molar-refractivity contribution in [1.29, 1.82) is 0 Å². The summed E-state index contributed by atoms with van der Waals surface area (Å²) in [6.45, 7) is -1.01. The highest BCUT2D eigenvalue weighted by Gasteiger charge is 2.32. The fourth-order valence-corrected chi connectivity index (χ4v) is 2.55. The van der Waals surface area contributed by atoms with Crippen LogP contribution in [0, 0.1) is 0 Å². The molecule has 26 heavy (non-hydrogen) atoms. The van der Waals surface area contributed by atoms with Gasteiger partial charge in [0.05, 0.1) is 16.1 Å². The van der Waals surface area contributed by atoms with Crippen LogP contribution in [0.2, 0.25) is 10.0 Å². The number of halogens is 5. The quantitative estimate of drug-likeness (QED) is 0.745. The molecule has 0 aromatic heterocycles. The Bertz CT molecular complexity index is 825. The predicted molar refractivity (Wildman–Crippen MR) is 90.0 cm³/mol. The summed E-state index contributed by atoms with van der Waals surface area (Å²) in [5.41, 5.74) is -0.919. The van der Waals surface area contributed by atoms with E-state index in [-0.39, 0.29) is 22.7 Å². The third-order valence-corrected chi connectivity index (χ3v) is 3.83. The lowest BCUT2D eigenvalue weighted by Crippen LogP contribution is -2.29. The van der Waals surface area contributed by atoms with Crippen molar-refractivity contribution in [2.75, 3.05) is 6.61 Å². The molecule has 0 spiro atoms. The molecule has 4 nitrogen and oxygen atoms in total. The van der Waals surface area contributed by atoms with E-state index in [1.54, 1.807) is 0 Å².